The molecule has 0 bridgehead atoms. The summed E-state index contributed by atoms with van der Waals surface area (Å²) in [6.45, 7) is -0.818. The van der Waals surface area contributed by atoms with Crippen molar-refractivity contribution in [3.63, 3.8) is 0 Å². The van der Waals surface area contributed by atoms with Gasteiger partial charge in [0.15, 0.2) is 5.78 Å². The number of halogens is 2. The molecule has 156 valence electrons. The van der Waals surface area contributed by atoms with Crippen LogP contribution in [0.2, 0.25) is 0 Å². The van der Waals surface area contributed by atoms with Gasteiger partial charge in [-0.2, -0.15) is 0 Å². The first-order chi connectivity index (χ1) is 13.8. The number of hydrogen-bond acceptors (Lipinski definition) is 6. The average Bonchev–Trinajstić information content (AvgIpc) is 2.96. The number of fused-ring (bicyclic) bond motifs is 1. The highest BCUT2D eigenvalue weighted by molar-refractivity contribution is 9.10. The van der Waals surface area contributed by atoms with E-state index in [1.54, 1.807) is 17.7 Å². The number of benzene rings is 1. The molecule has 0 spiro atoms. The minimum atomic E-state index is -1.14. The third kappa shape index (κ3) is 4.50. The summed E-state index contributed by atoms with van der Waals surface area (Å²) in [4.78, 5) is 30.2. The number of carbonyl (C=O) groups is 2. The molecule has 4 N–H and O–H groups in total. The highest BCUT2D eigenvalue weighted by Gasteiger charge is 2.32. The number of hydrogen-bond donors (Lipinski definition) is 4. The molecule has 0 saturated heterocycles. The SMILES string of the molecule is Cn1c(Nc2ccc(Br)cc2F)c(C(=O)NOC[C@@H](O)CO)c2c1C(=O)CCC2. The van der Waals surface area contributed by atoms with Gasteiger partial charge >= 0.3 is 0 Å². The van der Waals surface area contributed by atoms with E-state index in [2.05, 4.69) is 26.7 Å². The van der Waals surface area contributed by atoms with E-state index in [9.17, 15) is 19.1 Å². The Morgan fingerprint density at radius 1 is 1.41 bits per heavy atom. The Hall–Kier alpha value is -2.27. The number of rotatable bonds is 7. The second-order valence-electron chi connectivity index (χ2n) is 6.71. The summed E-state index contributed by atoms with van der Waals surface area (Å²) in [5, 5.41) is 21.1. The van der Waals surface area contributed by atoms with Crippen LogP contribution in [0.4, 0.5) is 15.9 Å². The molecule has 0 unspecified atom stereocenters. The highest BCUT2D eigenvalue weighted by Crippen LogP contribution is 2.35. The molecule has 2 aromatic rings. The third-order valence-electron chi connectivity index (χ3n) is 4.65. The fourth-order valence-electron chi connectivity index (χ4n) is 3.30. The lowest BCUT2D eigenvalue weighted by molar-refractivity contribution is -0.0295. The number of aliphatic hydroxyl groups is 2. The van der Waals surface area contributed by atoms with E-state index in [0.717, 1.165) is 0 Å². The molecule has 1 atom stereocenters. The number of anilines is 2. The minimum Gasteiger partial charge on any atom is -0.394 e. The Morgan fingerprint density at radius 2 is 2.17 bits per heavy atom. The van der Waals surface area contributed by atoms with Gasteiger partial charge < -0.3 is 20.1 Å². The number of aromatic nitrogens is 1. The minimum absolute atomic E-state index is 0.0938. The summed E-state index contributed by atoms with van der Waals surface area (Å²) in [5.74, 6) is -1.00. The smallest absolute Gasteiger partial charge is 0.278 e. The number of ketones is 1. The van der Waals surface area contributed by atoms with Crippen LogP contribution in [0.1, 0.15) is 39.3 Å². The molecule has 0 radical (unpaired) electrons. The zero-order valence-electron chi connectivity index (χ0n) is 15.7. The molecule has 1 aliphatic rings. The van der Waals surface area contributed by atoms with E-state index in [1.807, 2.05) is 0 Å². The fraction of sp³-hybridized carbons (Fsp3) is 0.368. The molecular weight excluding hydrogens is 449 g/mol. The number of aliphatic hydroxyl groups excluding tert-OH is 2. The molecule has 1 heterocycles. The molecule has 29 heavy (non-hydrogen) atoms. The highest BCUT2D eigenvalue weighted by atomic mass is 79.9. The van der Waals surface area contributed by atoms with Crippen molar-refractivity contribution in [2.75, 3.05) is 18.5 Å². The van der Waals surface area contributed by atoms with Crippen molar-refractivity contribution in [1.29, 1.82) is 0 Å². The van der Waals surface area contributed by atoms with Gasteiger partial charge in [-0.25, -0.2) is 9.87 Å². The van der Waals surface area contributed by atoms with Crippen molar-refractivity contribution in [3.05, 3.63) is 45.3 Å². The third-order valence-corrected chi connectivity index (χ3v) is 5.15. The predicted octanol–water partition coefficient (Wildman–Crippen LogP) is 2.20. The first-order valence-corrected chi connectivity index (χ1v) is 9.80. The molecule has 0 fully saturated rings. The number of Topliss-reactive ketones (excluding diaryl/α,β-unsaturated/α-hetero) is 1. The Balaban J connectivity index is 1.98. The van der Waals surface area contributed by atoms with Crippen molar-refractivity contribution >= 4 is 39.1 Å². The number of amides is 1. The second-order valence-corrected chi connectivity index (χ2v) is 7.63. The van der Waals surface area contributed by atoms with Crippen molar-refractivity contribution in [2.24, 2.45) is 7.05 Å². The molecule has 3 rings (SSSR count). The number of hydroxylamine groups is 1. The summed E-state index contributed by atoms with van der Waals surface area (Å²) >= 11 is 3.20. The van der Waals surface area contributed by atoms with Crippen LogP contribution in [-0.2, 0) is 18.3 Å². The van der Waals surface area contributed by atoms with E-state index < -0.39 is 24.4 Å². The van der Waals surface area contributed by atoms with Gasteiger partial charge in [-0.05, 0) is 36.6 Å². The molecule has 1 amide bonds. The Labute approximate surface area is 174 Å². The van der Waals surface area contributed by atoms with E-state index in [-0.39, 0.29) is 29.5 Å². The predicted molar refractivity (Wildman–Crippen MR) is 107 cm³/mol. The lowest BCUT2D eigenvalue weighted by Gasteiger charge is -2.13. The maximum absolute atomic E-state index is 14.3. The Bertz CT molecular complexity index is 946. The van der Waals surface area contributed by atoms with Gasteiger partial charge in [-0.1, -0.05) is 15.9 Å². The van der Waals surface area contributed by atoms with Crippen molar-refractivity contribution in [2.45, 2.75) is 25.4 Å². The van der Waals surface area contributed by atoms with E-state index in [4.69, 9.17) is 9.94 Å². The zero-order chi connectivity index (χ0) is 21.1. The van der Waals surface area contributed by atoms with Gasteiger partial charge in [0, 0.05) is 17.9 Å². The standard InChI is InChI=1S/C19H21BrFN3O5/c1-24-17-12(3-2-4-15(17)27)16(19(28)23-29-9-11(26)8-25)18(24)22-14-6-5-10(20)7-13(14)21/h5-7,11,22,25-26H,2-4,8-9H2,1H3,(H,23,28)/t11-/m0/s1. The Morgan fingerprint density at radius 3 is 2.86 bits per heavy atom. The summed E-state index contributed by atoms with van der Waals surface area (Å²) < 4.78 is 16.5. The van der Waals surface area contributed by atoms with Crippen LogP contribution in [0.5, 0.6) is 0 Å². The molecule has 8 nitrogen and oxygen atoms in total. The first-order valence-electron chi connectivity index (χ1n) is 9.01. The van der Waals surface area contributed by atoms with Gasteiger partial charge in [0.1, 0.15) is 24.3 Å². The lowest BCUT2D eigenvalue weighted by atomic mass is 9.93. The summed E-state index contributed by atoms with van der Waals surface area (Å²) in [6.07, 6.45) is 0.348. The first kappa shape index (κ1) is 21.4. The quantitative estimate of drug-likeness (QED) is 0.462. The van der Waals surface area contributed by atoms with Crippen LogP contribution < -0.4 is 10.8 Å². The van der Waals surface area contributed by atoms with E-state index >= 15 is 0 Å². The average molecular weight is 470 g/mol. The molecule has 1 aliphatic carbocycles. The molecule has 0 saturated carbocycles. The fourth-order valence-corrected chi connectivity index (χ4v) is 3.64. The van der Waals surface area contributed by atoms with Crippen LogP contribution in [0.25, 0.3) is 0 Å². The van der Waals surface area contributed by atoms with Crippen LogP contribution in [0.15, 0.2) is 22.7 Å². The van der Waals surface area contributed by atoms with Crippen molar-refractivity contribution in [1.82, 2.24) is 10.0 Å². The van der Waals surface area contributed by atoms with Gasteiger partial charge in [0.25, 0.3) is 5.91 Å². The summed E-state index contributed by atoms with van der Waals surface area (Å²) in [5.41, 5.74) is 3.50. The van der Waals surface area contributed by atoms with E-state index in [0.29, 0.717) is 35.0 Å². The van der Waals surface area contributed by atoms with Crippen molar-refractivity contribution in [3.8, 4) is 0 Å². The lowest BCUT2D eigenvalue weighted by Crippen LogP contribution is -2.30. The van der Waals surface area contributed by atoms with Crippen LogP contribution in [0.3, 0.4) is 0 Å². The van der Waals surface area contributed by atoms with Crippen LogP contribution in [0, 0.1) is 5.82 Å². The normalized spacial score (nSPS) is 14.4. The largest absolute Gasteiger partial charge is 0.394 e. The number of nitrogens with one attached hydrogen (secondary N) is 2. The monoisotopic (exact) mass is 469 g/mol. The maximum atomic E-state index is 14.3. The van der Waals surface area contributed by atoms with Crippen LogP contribution in [-0.4, -0.2) is 45.8 Å². The van der Waals surface area contributed by atoms with Gasteiger partial charge in [-0.15, -0.1) is 0 Å². The number of carbonyl (C=O) groups excluding carboxylic acids is 2. The summed E-state index contributed by atoms with van der Waals surface area (Å²) in [7, 11) is 1.63. The second kappa shape index (κ2) is 9.04. The molecule has 1 aromatic heterocycles. The topological polar surface area (TPSA) is 113 Å². The molecular formula is C19H21BrFN3O5. The van der Waals surface area contributed by atoms with Gasteiger partial charge in [0.05, 0.1) is 23.6 Å². The van der Waals surface area contributed by atoms with Crippen molar-refractivity contribution < 1.29 is 29.0 Å². The molecule has 1 aromatic carbocycles. The van der Waals surface area contributed by atoms with E-state index in [1.165, 1.54) is 12.1 Å². The molecule has 0 aliphatic heterocycles. The van der Waals surface area contributed by atoms with Gasteiger partial charge in [-0.3, -0.25) is 14.4 Å². The summed E-state index contributed by atoms with van der Waals surface area (Å²) in [6, 6.07) is 4.46. The molecule has 10 heteroatoms. The van der Waals surface area contributed by atoms with Crippen LogP contribution >= 0.6 is 15.9 Å². The maximum Gasteiger partial charge on any atom is 0.278 e. The number of nitrogens with zero attached hydrogens (tertiary/aromatic N) is 1. The Kier molecular flexibility index (Phi) is 6.68. The van der Waals surface area contributed by atoms with Gasteiger partial charge in [0.2, 0.25) is 0 Å². The zero-order valence-corrected chi connectivity index (χ0v) is 17.3.